The molecule has 0 unspecified atom stereocenters. The van der Waals surface area contributed by atoms with Crippen LogP contribution >= 0.6 is 0 Å². The molecule has 3 rings (SSSR count). The quantitative estimate of drug-likeness (QED) is 0.450. The lowest BCUT2D eigenvalue weighted by Gasteiger charge is -2.22. The Balaban J connectivity index is 2.18. The molecule has 0 bridgehead atoms. The first kappa shape index (κ1) is 18.5. The van der Waals surface area contributed by atoms with Gasteiger partial charge in [-0.1, -0.05) is 24.3 Å². The normalized spacial score (nSPS) is 18.5. The zero-order valence-electron chi connectivity index (χ0n) is 15.3. The summed E-state index contributed by atoms with van der Waals surface area (Å²) in [6.45, 7) is 13.3. The van der Waals surface area contributed by atoms with Crippen LogP contribution in [-0.4, -0.2) is 29.7 Å². The van der Waals surface area contributed by atoms with E-state index in [-0.39, 0.29) is 21.2 Å². The molecule has 128 valence electrons. The van der Waals surface area contributed by atoms with Gasteiger partial charge in [0.25, 0.3) is 0 Å². The number of halogens is 1. The predicted molar refractivity (Wildman–Crippen MR) is 105 cm³/mol. The monoisotopic (exact) mass is 485 g/mol. The second-order valence-corrected chi connectivity index (χ2v) is 22.5. The van der Waals surface area contributed by atoms with Gasteiger partial charge in [0.05, 0.1) is 0 Å². The zero-order chi connectivity index (χ0) is 17.8. The summed E-state index contributed by atoms with van der Waals surface area (Å²) >= 11 is -0.284. The molecule has 0 amide bonds. The van der Waals surface area contributed by atoms with Crippen molar-refractivity contribution in [3.8, 4) is 0 Å². The standard InChI is InChI=1S/C18H26IO2Si3/c1-22(2,20)16-13-18-17(23(3,4)21-24(18,5)6)12-15(16)19-14-10-8-7-9-11-14/h7-13,20H,1-6H3/q+1. The van der Waals surface area contributed by atoms with Gasteiger partial charge in [0, 0.05) is 5.19 Å². The van der Waals surface area contributed by atoms with Crippen molar-refractivity contribution in [2.75, 3.05) is 0 Å². The van der Waals surface area contributed by atoms with E-state index in [2.05, 4.69) is 68.7 Å². The maximum Gasteiger partial charge on any atom is 0.357 e. The lowest BCUT2D eigenvalue weighted by Crippen LogP contribution is -3.62. The summed E-state index contributed by atoms with van der Waals surface area (Å²) in [5.41, 5.74) is 0. The van der Waals surface area contributed by atoms with Crippen LogP contribution in [0.1, 0.15) is 0 Å². The number of benzene rings is 2. The molecule has 2 aromatic carbocycles. The number of hydrogen-bond acceptors (Lipinski definition) is 2. The van der Waals surface area contributed by atoms with Crippen LogP contribution < -0.4 is 36.8 Å². The van der Waals surface area contributed by atoms with Crippen molar-refractivity contribution < 1.29 is 30.1 Å². The SMILES string of the molecule is C[Si](C)(O)c1cc2c(cc1[I+]c1ccccc1)[Si](C)(C)O[Si]2(C)C. The molecular formula is C18H26IO2Si3+. The summed E-state index contributed by atoms with van der Waals surface area (Å²) in [6, 6.07) is 15.5. The molecule has 0 aromatic heterocycles. The first-order valence-electron chi connectivity index (χ1n) is 8.33. The molecule has 1 aliphatic heterocycles. The summed E-state index contributed by atoms with van der Waals surface area (Å²) in [7, 11) is -6.02. The largest absolute Gasteiger partial charge is 0.449 e. The molecule has 6 heteroatoms. The maximum atomic E-state index is 10.9. The van der Waals surface area contributed by atoms with Crippen LogP contribution in [0.2, 0.25) is 39.3 Å². The van der Waals surface area contributed by atoms with Crippen LogP contribution in [0.4, 0.5) is 0 Å². The first-order chi connectivity index (χ1) is 11.0. The second-order valence-electron chi connectivity index (χ2n) is 7.95. The topological polar surface area (TPSA) is 29.5 Å². The van der Waals surface area contributed by atoms with E-state index in [4.69, 9.17) is 4.12 Å². The fourth-order valence-corrected chi connectivity index (χ4v) is 19.9. The Hall–Kier alpha value is -0.259. The smallest absolute Gasteiger partial charge is 0.357 e. The molecular weight excluding hydrogens is 459 g/mol. The van der Waals surface area contributed by atoms with Gasteiger partial charge in [-0.3, -0.25) is 0 Å². The highest BCUT2D eigenvalue weighted by Crippen LogP contribution is 2.21. The van der Waals surface area contributed by atoms with Crippen LogP contribution in [0.15, 0.2) is 42.5 Å². The summed E-state index contributed by atoms with van der Waals surface area (Å²) in [5, 5.41) is 4.14. The van der Waals surface area contributed by atoms with E-state index >= 15 is 0 Å². The van der Waals surface area contributed by atoms with E-state index in [1.54, 1.807) is 0 Å². The fraction of sp³-hybridized carbons (Fsp3) is 0.333. The Kier molecular flexibility index (Phi) is 4.76. The molecule has 0 saturated carbocycles. The van der Waals surface area contributed by atoms with Gasteiger partial charge in [-0.2, -0.15) is 0 Å². The highest BCUT2D eigenvalue weighted by Gasteiger charge is 2.48. The summed E-state index contributed by atoms with van der Waals surface area (Å²) < 4.78 is 9.41. The summed E-state index contributed by atoms with van der Waals surface area (Å²) in [5.74, 6) is 0. The average Bonchev–Trinajstić information content (AvgIpc) is 2.63. The fourth-order valence-electron chi connectivity index (χ4n) is 3.46. The zero-order valence-corrected chi connectivity index (χ0v) is 20.4. The molecule has 0 aliphatic carbocycles. The van der Waals surface area contributed by atoms with Crippen LogP contribution in [0.3, 0.4) is 0 Å². The molecule has 1 N–H and O–H groups in total. The van der Waals surface area contributed by atoms with Gasteiger partial charge >= 0.3 is 21.2 Å². The Bertz CT molecular complexity index is 768. The van der Waals surface area contributed by atoms with Gasteiger partial charge < -0.3 is 8.91 Å². The minimum atomic E-state index is -2.37. The molecule has 0 atom stereocenters. The van der Waals surface area contributed by atoms with Crippen molar-refractivity contribution >= 4 is 40.5 Å². The lowest BCUT2D eigenvalue weighted by molar-refractivity contribution is -0.595. The van der Waals surface area contributed by atoms with Crippen LogP contribution in [-0.2, 0) is 4.12 Å². The van der Waals surface area contributed by atoms with E-state index in [0.717, 1.165) is 0 Å². The molecule has 0 radical (unpaired) electrons. The third kappa shape index (κ3) is 3.49. The first-order valence-corrected chi connectivity index (χ1v) is 19.2. The van der Waals surface area contributed by atoms with Gasteiger partial charge in [0.2, 0.25) is 25.0 Å². The van der Waals surface area contributed by atoms with Crippen molar-refractivity contribution in [2.24, 2.45) is 0 Å². The van der Waals surface area contributed by atoms with Gasteiger partial charge in [0.1, 0.15) is 0 Å². The maximum absolute atomic E-state index is 10.9. The van der Waals surface area contributed by atoms with Crippen LogP contribution in [0.25, 0.3) is 0 Å². The van der Waals surface area contributed by atoms with E-state index < -0.39 is 25.0 Å². The highest BCUT2D eigenvalue weighted by atomic mass is 127. The molecule has 0 fully saturated rings. The molecule has 0 spiro atoms. The Labute approximate surface area is 158 Å². The van der Waals surface area contributed by atoms with Gasteiger partial charge in [-0.15, -0.1) is 0 Å². The Morgan fingerprint density at radius 2 is 1.46 bits per heavy atom. The van der Waals surface area contributed by atoms with E-state index in [1.807, 2.05) is 13.1 Å². The van der Waals surface area contributed by atoms with E-state index in [0.29, 0.717) is 0 Å². The Morgan fingerprint density at radius 1 is 0.917 bits per heavy atom. The van der Waals surface area contributed by atoms with E-state index in [9.17, 15) is 4.80 Å². The van der Waals surface area contributed by atoms with Gasteiger partial charge in [-0.05, 0) is 67.9 Å². The highest BCUT2D eigenvalue weighted by molar-refractivity contribution is 7.06. The van der Waals surface area contributed by atoms with Crippen molar-refractivity contribution in [2.45, 2.75) is 39.3 Å². The molecule has 1 heterocycles. The molecule has 2 aromatic rings. The third-order valence-electron chi connectivity index (χ3n) is 4.52. The Morgan fingerprint density at radius 3 is 2.00 bits per heavy atom. The summed E-state index contributed by atoms with van der Waals surface area (Å²) in [6.07, 6.45) is 0. The molecule has 1 aliphatic rings. The second kappa shape index (κ2) is 6.17. The lowest BCUT2D eigenvalue weighted by atomic mass is 10.3. The number of rotatable bonds is 3. The molecule has 2 nitrogen and oxygen atoms in total. The van der Waals surface area contributed by atoms with Crippen molar-refractivity contribution in [1.29, 1.82) is 0 Å². The van der Waals surface area contributed by atoms with Gasteiger partial charge in [0.15, 0.2) is 7.14 Å². The third-order valence-corrected chi connectivity index (χ3v) is 17.3. The predicted octanol–water partition coefficient (Wildman–Crippen LogP) is -0.926. The van der Waals surface area contributed by atoms with Crippen molar-refractivity contribution in [3.63, 3.8) is 0 Å². The van der Waals surface area contributed by atoms with E-state index in [1.165, 1.54) is 22.7 Å². The van der Waals surface area contributed by atoms with Crippen LogP contribution in [0, 0.1) is 7.14 Å². The van der Waals surface area contributed by atoms with Crippen LogP contribution in [0.5, 0.6) is 0 Å². The average molecular weight is 486 g/mol. The summed E-state index contributed by atoms with van der Waals surface area (Å²) in [4.78, 5) is 10.9. The number of fused-ring (bicyclic) bond motifs is 1. The number of hydrogen-bond donors (Lipinski definition) is 1. The van der Waals surface area contributed by atoms with Crippen molar-refractivity contribution in [3.05, 3.63) is 49.6 Å². The molecule has 0 saturated heterocycles. The molecule has 24 heavy (non-hydrogen) atoms. The van der Waals surface area contributed by atoms with Crippen molar-refractivity contribution in [1.82, 2.24) is 0 Å². The van der Waals surface area contributed by atoms with Gasteiger partial charge in [-0.25, -0.2) is 0 Å². The minimum Gasteiger partial charge on any atom is -0.449 e. The minimum absolute atomic E-state index is 0.284.